The Kier molecular flexibility index (Phi) is 10.5. The van der Waals surface area contributed by atoms with Crippen molar-refractivity contribution >= 4 is 33.7 Å². The molecule has 1 amide bonds. The topological polar surface area (TPSA) is 114 Å². The zero-order valence-electron chi connectivity index (χ0n) is 20.3. The van der Waals surface area contributed by atoms with E-state index in [0.717, 1.165) is 29.8 Å². The number of esters is 1. The van der Waals surface area contributed by atoms with Crippen LogP contribution in [0.25, 0.3) is 0 Å². The lowest BCUT2D eigenvalue weighted by atomic mass is 9.85. The summed E-state index contributed by atoms with van der Waals surface area (Å²) in [5, 5.41) is 2.93. The van der Waals surface area contributed by atoms with Crippen LogP contribution in [0, 0.1) is 5.92 Å². The summed E-state index contributed by atoms with van der Waals surface area (Å²) in [5.41, 5.74) is -0.166. The maximum Gasteiger partial charge on any atom is 0.416 e. The number of benzene rings is 2. The average Bonchev–Trinajstić information content (AvgIpc) is 2.90. The van der Waals surface area contributed by atoms with Gasteiger partial charge in [-0.15, -0.1) is 0 Å². The molecule has 0 bridgehead atoms. The SMILES string of the molecule is O=C(CCNCl)OC[C@@H](NC(=O)C1CCC(NS(=O)(=O)c2ccc(C(F)(F)F)cc2)CC1)c1ccccc1. The summed E-state index contributed by atoms with van der Waals surface area (Å²) >= 11 is 5.37. The molecule has 3 N–H and O–H groups in total. The van der Waals surface area contributed by atoms with Crippen LogP contribution < -0.4 is 14.9 Å². The number of alkyl halides is 3. The Bertz CT molecular complexity index is 1170. The largest absolute Gasteiger partial charge is 0.463 e. The van der Waals surface area contributed by atoms with E-state index < -0.39 is 39.8 Å². The monoisotopic (exact) mass is 575 g/mol. The highest BCUT2D eigenvalue weighted by Crippen LogP contribution is 2.30. The lowest BCUT2D eigenvalue weighted by Gasteiger charge is -2.29. The second-order valence-electron chi connectivity index (χ2n) is 8.98. The van der Waals surface area contributed by atoms with E-state index in [4.69, 9.17) is 16.5 Å². The van der Waals surface area contributed by atoms with Crippen molar-refractivity contribution in [2.75, 3.05) is 13.2 Å². The number of carbonyl (C=O) groups is 2. The van der Waals surface area contributed by atoms with Crippen LogP contribution in [0.15, 0.2) is 59.5 Å². The van der Waals surface area contributed by atoms with Crippen molar-refractivity contribution < 1.29 is 35.9 Å². The molecule has 208 valence electrons. The first-order valence-corrected chi connectivity index (χ1v) is 13.9. The smallest absolute Gasteiger partial charge is 0.416 e. The van der Waals surface area contributed by atoms with Gasteiger partial charge in [0.1, 0.15) is 6.61 Å². The van der Waals surface area contributed by atoms with E-state index in [1.807, 2.05) is 30.3 Å². The number of hydrogen-bond donors (Lipinski definition) is 3. The van der Waals surface area contributed by atoms with Gasteiger partial charge in [0, 0.05) is 18.5 Å². The molecule has 0 heterocycles. The molecule has 1 saturated carbocycles. The van der Waals surface area contributed by atoms with E-state index in [1.165, 1.54) is 0 Å². The van der Waals surface area contributed by atoms with Gasteiger partial charge in [-0.3, -0.25) is 9.59 Å². The van der Waals surface area contributed by atoms with Gasteiger partial charge in [-0.25, -0.2) is 18.0 Å². The fourth-order valence-electron chi connectivity index (χ4n) is 4.18. The maximum absolute atomic E-state index is 13.0. The minimum Gasteiger partial charge on any atom is -0.463 e. The van der Waals surface area contributed by atoms with Gasteiger partial charge in [0.25, 0.3) is 0 Å². The number of nitrogens with one attached hydrogen (secondary N) is 3. The lowest BCUT2D eigenvalue weighted by molar-refractivity contribution is -0.145. The highest BCUT2D eigenvalue weighted by molar-refractivity contribution is 7.89. The minimum atomic E-state index is -4.56. The number of carbonyl (C=O) groups excluding carboxylic acids is 2. The zero-order valence-corrected chi connectivity index (χ0v) is 21.9. The number of halogens is 4. The van der Waals surface area contributed by atoms with Crippen molar-refractivity contribution in [3.8, 4) is 0 Å². The number of sulfonamides is 1. The molecule has 2 aromatic carbocycles. The summed E-state index contributed by atoms with van der Waals surface area (Å²) in [6.45, 7) is 0.188. The van der Waals surface area contributed by atoms with Crippen molar-refractivity contribution in [3.05, 3.63) is 65.7 Å². The fraction of sp³-hybridized carbons (Fsp3) is 0.440. The fourth-order valence-corrected chi connectivity index (χ4v) is 5.58. The summed E-state index contributed by atoms with van der Waals surface area (Å²) in [6, 6.07) is 11.4. The third kappa shape index (κ3) is 8.69. The quantitative estimate of drug-likeness (QED) is 0.275. The van der Waals surface area contributed by atoms with Crippen LogP contribution in [-0.2, 0) is 30.5 Å². The molecule has 0 spiro atoms. The molecule has 0 aromatic heterocycles. The first-order valence-electron chi connectivity index (χ1n) is 12.0. The minimum absolute atomic E-state index is 0.0564. The molecular weight excluding hydrogens is 547 g/mol. The Labute approximate surface area is 224 Å². The molecule has 0 saturated heterocycles. The van der Waals surface area contributed by atoms with Crippen molar-refractivity contribution in [2.24, 2.45) is 5.92 Å². The van der Waals surface area contributed by atoms with Crippen LogP contribution in [0.4, 0.5) is 13.2 Å². The molecule has 1 fully saturated rings. The molecule has 13 heteroatoms. The Morgan fingerprint density at radius 3 is 2.21 bits per heavy atom. The average molecular weight is 576 g/mol. The molecule has 1 aliphatic carbocycles. The van der Waals surface area contributed by atoms with Crippen molar-refractivity contribution in [1.82, 2.24) is 14.9 Å². The third-order valence-corrected chi connectivity index (χ3v) is 7.99. The number of hydrogen-bond acceptors (Lipinski definition) is 6. The Morgan fingerprint density at radius 2 is 1.63 bits per heavy atom. The summed E-state index contributed by atoms with van der Waals surface area (Å²) in [6.07, 6.45) is -2.89. The zero-order chi connectivity index (χ0) is 27.8. The van der Waals surface area contributed by atoms with Gasteiger partial charge in [-0.05, 0) is 67.3 Å². The molecule has 8 nitrogen and oxygen atoms in total. The summed E-state index contributed by atoms with van der Waals surface area (Å²) in [7, 11) is -4.02. The molecule has 38 heavy (non-hydrogen) atoms. The van der Waals surface area contributed by atoms with Crippen LogP contribution in [0.1, 0.15) is 49.3 Å². The number of ether oxygens (including phenoxy) is 1. The normalized spacial score (nSPS) is 18.9. The molecule has 1 aliphatic rings. The van der Waals surface area contributed by atoms with Crippen molar-refractivity contribution in [3.63, 3.8) is 0 Å². The van der Waals surface area contributed by atoms with Crippen LogP contribution in [-0.4, -0.2) is 39.5 Å². The lowest BCUT2D eigenvalue weighted by Crippen LogP contribution is -2.42. The molecule has 0 unspecified atom stereocenters. The highest BCUT2D eigenvalue weighted by atomic mass is 35.5. The van der Waals surface area contributed by atoms with E-state index >= 15 is 0 Å². The summed E-state index contributed by atoms with van der Waals surface area (Å²) < 4.78 is 71.4. The van der Waals surface area contributed by atoms with E-state index in [0.29, 0.717) is 25.7 Å². The van der Waals surface area contributed by atoms with Gasteiger partial charge in [-0.1, -0.05) is 30.3 Å². The van der Waals surface area contributed by atoms with Gasteiger partial charge >= 0.3 is 12.1 Å². The maximum atomic E-state index is 13.0. The predicted octanol–water partition coefficient (Wildman–Crippen LogP) is 4.08. The number of rotatable bonds is 11. The van der Waals surface area contributed by atoms with Crippen LogP contribution in [0.3, 0.4) is 0 Å². The molecule has 3 rings (SSSR count). The van der Waals surface area contributed by atoms with Gasteiger partial charge in [0.05, 0.1) is 22.9 Å². The van der Waals surface area contributed by atoms with E-state index in [1.54, 1.807) is 0 Å². The predicted molar refractivity (Wildman–Crippen MR) is 134 cm³/mol. The first-order chi connectivity index (χ1) is 18.0. The Balaban J connectivity index is 1.55. The van der Waals surface area contributed by atoms with Gasteiger partial charge in [-0.2, -0.15) is 13.2 Å². The third-order valence-electron chi connectivity index (χ3n) is 6.26. The first kappa shape index (κ1) is 29.9. The van der Waals surface area contributed by atoms with Crippen molar-refractivity contribution in [2.45, 2.75) is 55.3 Å². The van der Waals surface area contributed by atoms with Gasteiger partial charge < -0.3 is 10.1 Å². The Hall–Kier alpha value is -2.67. The second kappa shape index (κ2) is 13.4. The molecule has 0 aliphatic heterocycles. The van der Waals surface area contributed by atoms with E-state index in [-0.39, 0.29) is 36.3 Å². The molecule has 2 aromatic rings. The van der Waals surface area contributed by atoms with Gasteiger partial charge in [0.15, 0.2) is 0 Å². The van der Waals surface area contributed by atoms with Crippen LogP contribution >= 0.6 is 11.8 Å². The molecule has 1 atom stereocenters. The number of amides is 1. The van der Waals surface area contributed by atoms with E-state index in [2.05, 4.69) is 14.9 Å². The second-order valence-corrected chi connectivity index (χ2v) is 11.0. The Morgan fingerprint density at radius 1 is 1.00 bits per heavy atom. The van der Waals surface area contributed by atoms with E-state index in [9.17, 15) is 31.2 Å². The highest BCUT2D eigenvalue weighted by Gasteiger charge is 2.32. The van der Waals surface area contributed by atoms with Crippen LogP contribution in [0.5, 0.6) is 0 Å². The van der Waals surface area contributed by atoms with Crippen molar-refractivity contribution in [1.29, 1.82) is 0 Å². The van der Waals surface area contributed by atoms with Crippen LogP contribution in [0.2, 0.25) is 0 Å². The molecular formula is C25H29ClF3N3O5S. The standard InChI is InChI=1S/C25H29ClF3N3O5S/c26-30-15-14-23(33)37-16-22(17-4-2-1-3-5-17)31-24(34)18-6-10-20(11-7-18)32-38(35,36)21-12-8-19(9-13-21)25(27,28)29/h1-5,8-9,12-13,18,20,22,30,32H,6-7,10-11,14-16H2,(H,31,34)/t18?,20?,22-/m1/s1. The molecule has 0 radical (unpaired) electrons. The summed E-state index contributed by atoms with van der Waals surface area (Å²) in [5.74, 6) is -1.07. The summed E-state index contributed by atoms with van der Waals surface area (Å²) in [4.78, 5) is 27.0. The van der Waals surface area contributed by atoms with Gasteiger partial charge in [0.2, 0.25) is 15.9 Å².